The number of rotatable bonds is 4. The summed E-state index contributed by atoms with van der Waals surface area (Å²) in [6.07, 6.45) is 5.02. The standard InChI is InChI=1S/C21H30N4O3S/c1-21(2,3)16-11-9-15(10-12-16)19(28)23-20(29)25-24-17(26)13-22-18(27)14-7-5-4-6-8-14/h9-12,14H,4-8,13H2,1-3H3,(H,22,27)(H,24,26)(H2,23,25,28,29). The lowest BCUT2D eigenvalue weighted by molar-refractivity contribution is -0.129. The van der Waals surface area contributed by atoms with Crippen molar-refractivity contribution < 1.29 is 14.4 Å². The van der Waals surface area contributed by atoms with E-state index in [0.29, 0.717) is 5.56 Å². The molecule has 7 nitrogen and oxygen atoms in total. The Labute approximate surface area is 177 Å². The van der Waals surface area contributed by atoms with E-state index in [1.165, 1.54) is 0 Å². The van der Waals surface area contributed by atoms with Gasteiger partial charge in [0, 0.05) is 11.5 Å². The molecule has 2 rings (SSSR count). The Morgan fingerprint density at radius 2 is 1.62 bits per heavy atom. The van der Waals surface area contributed by atoms with Crippen LogP contribution in [-0.2, 0) is 15.0 Å². The zero-order valence-electron chi connectivity index (χ0n) is 17.3. The smallest absolute Gasteiger partial charge is 0.257 e. The molecule has 1 saturated carbocycles. The highest BCUT2D eigenvalue weighted by Gasteiger charge is 2.21. The molecule has 0 aromatic heterocycles. The first-order valence-electron chi connectivity index (χ1n) is 9.95. The molecule has 3 amide bonds. The molecule has 0 atom stereocenters. The number of carbonyl (C=O) groups is 3. The molecule has 0 radical (unpaired) electrons. The highest BCUT2D eigenvalue weighted by atomic mass is 32.1. The molecule has 8 heteroatoms. The fraction of sp³-hybridized carbons (Fsp3) is 0.524. The monoisotopic (exact) mass is 418 g/mol. The van der Waals surface area contributed by atoms with E-state index in [1.807, 2.05) is 12.1 Å². The van der Waals surface area contributed by atoms with Gasteiger partial charge in [-0.1, -0.05) is 52.2 Å². The maximum absolute atomic E-state index is 12.2. The predicted octanol–water partition coefficient (Wildman–Crippen LogP) is 2.32. The third kappa shape index (κ3) is 7.45. The molecular formula is C21H30N4O3S. The molecule has 0 heterocycles. The predicted molar refractivity (Wildman–Crippen MR) is 116 cm³/mol. The van der Waals surface area contributed by atoms with Gasteiger partial charge in [-0.05, 0) is 48.2 Å². The SMILES string of the molecule is CC(C)(C)c1ccc(C(=O)NC(=S)NNC(=O)CNC(=O)C2CCCCC2)cc1. The zero-order valence-corrected chi connectivity index (χ0v) is 18.1. The Kier molecular flexibility index (Phi) is 8.13. The van der Waals surface area contributed by atoms with Crippen molar-refractivity contribution in [1.82, 2.24) is 21.5 Å². The van der Waals surface area contributed by atoms with E-state index in [1.54, 1.807) is 12.1 Å². The second-order valence-electron chi connectivity index (χ2n) is 8.34. The van der Waals surface area contributed by atoms with Gasteiger partial charge in [0.2, 0.25) is 5.91 Å². The minimum absolute atomic E-state index is 0.00253. The molecule has 1 fully saturated rings. The lowest BCUT2D eigenvalue weighted by Gasteiger charge is -2.20. The first kappa shape index (κ1) is 22.8. The summed E-state index contributed by atoms with van der Waals surface area (Å²) in [6.45, 7) is 6.15. The Bertz CT molecular complexity index is 750. The van der Waals surface area contributed by atoms with Crippen LogP contribution in [0, 0.1) is 5.92 Å². The third-order valence-corrected chi connectivity index (χ3v) is 5.16. The molecule has 4 N–H and O–H groups in total. The van der Waals surface area contributed by atoms with Gasteiger partial charge < -0.3 is 5.32 Å². The summed E-state index contributed by atoms with van der Waals surface area (Å²) in [4.78, 5) is 36.1. The largest absolute Gasteiger partial charge is 0.347 e. The van der Waals surface area contributed by atoms with Crippen LogP contribution >= 0.6 is 12.2 Å². The van der Waals surface area contributed by atoms with Crippen molar-refractivity contribution in [1.29, 1.82) is 0 Å². The highest BCUT2D eigenvalue weighted by Crippen LogP contribution is 2.23. The maximum Gasteiger partial charge on any atom is 0.257 e. The van der Waals surface area contributed by atoms with Gasteiger partial charge in [-0.2, -0.15) is 0 Å². The summed E-state index contributed by atoms with van der Waals surface area (Å²) in [6, 6.07) is 7.28. The molecule has 0 saturated heterocycles. The average Bonchev–Trinajstić information content (AvgIpc) is 2.70. The number of hydrogen-bond acceptors (Lipinski definition) is 4. The van der Waals surface area contributed by atoms with E-state index in [2.05, 4.69) is 42.3 Å². The number of nitrogens with one attached hydrogen (secondary N) is 4. The van der Waals surface area contributed by atoms with Crippen molar-refractivity contribution in [3.63, 3.8) is 0 Å². The summed E-state index contributed by atoms with van der Waals surface area (Å²) in [5.41, 5.74) is 6.43. The second-order valence-corrected chi connectivity index (χ2v) is 8.74. The van der Waals surface area contributed by atoms with Gasteiger partial charge in [0.25, 0.3) is 11.8 Å². The van der Waals surface area contributed by atoms with E-state index in [-0.39, 0.29) is 34.8 Å². The van der Waals surface area contributed by atoms with Crippen LogP contribution in [-0.4, -0.2) is 29.4 Å². The molecule has 0 bridgehead atoms. The van der Waals surface area contributed by atoms with E-state index < -0.39 is 5.91 Å². The summed E-state index contributed by atoms with van der Waals surface area (Å²) in [7, 11) is 0. The number of hydrogen-bond donors (Lipinski definition) is 4. The second kappa shape index (κ2) is 10.3. The molecule has 0 spiro atoms. The molecule has 158 valence electrons. The first-order valence-corrected chi connectivity index (χ1v) is 10.4. The molecule has 1 aromatic carbocycles. The Hall–Kier alpha value is -2.48. The fourth-order valence-electron chi connectivity index (χ4n) is 3.18. The van der Waals surface area contributed by atoms with Gasteiger partial charge in [-0.25, -0.2) is 0 Å². The molecule has 0 unspecified atom stereocenters. The number of thiocarbonyl (C=S) groups is 1. The van der Waals surface area contributed by atoms with Crippen LogP contribution in [0.1, 0.15) is 68.8 Å². The number of benzene rings is 1. The van der Waals surface area contributed by atoms with Crippen LogP contribution in [0.15, 0.2) is 24.3 Å². The van der Waals surface area contributed by atoms with Crippen molar-refractivity contribution in [3.05, 3.63) is 35.4 Å². The Morgan fingerprint density at radius 1 is 1.00 bits per heavy atom. The van der Waals surface area contributed by atoms with Gasteiger partial charge in [-0.15, -0.1) is 0 Å². The zero-order chi connectivity index (χ0) is 21.4. The van der Waals surface area contributed by atoms with E-state index in [9.17, 15) is 14.4 Å². The van der Waals surface area contributed by atoms with Crippen LogP contribution in [0.5, 0.6) is 0 Å². The molecule has 0 aliphatic heterocycles. The summed E-state index contributed by atoms with van der Waals surface area (Å²) >= 11 is 5.03. The van der Waals surface area contributed by atoms with E-state index >= 15 is 0 Å². The minimum atomic E-state index is -0.444. The Balaban J connectivity index is 1.71. The van der Waals surface area contributed by atoms with Crippen LogP contribution < -0.4 is 21.5 Å². The first-order chi connectivity index (χ1) is 13.7. The van der Waals surface area contributed by atoms with Gasteiger partial charge in [-0.3, -0.25) is 30.6 Å². The minimum Gasteiger partial charge on any atom is -0.347 e. The molecule has 1 aliphatic carbocycles. The van der Waals surface area contributed by atoms with Crippen molar-refractivity contribution in [2.45, 2.75) is 58.3 Å². The number of hydrazine groups is 1. The number of carbonyl (C=O) groups excluding carboxylic acids is 3. The summed E-state index contributed by atoms with van der Waals surface area (Å²) in [5.74, 6) is -0.910. The topological polar surface area (TPSA) is 99.3 Å². The molecule has 29 heavy (non-hydrogen) atoms. The fourth-order valence-corrected chi connectivity index (χ4v) is 3.32. The van der Waals surface area contributed by atoms with E-state index in [0.717, 1.165) is 37.7 Å². The summed E-state index contributed by atoms with van der Waals surface area (Å²) < 4.78 is 0. The van der Waals surface area contributed by atoms with Crippen LogP contribution in [0.4, 0.5) is 0 Å². The van der Waals surface area contributed by atoms with Crippen molar-refractivity contribution in [3.8, 4) is 0 Å². The third-order valence-electron chi connectivity index (χ3n) is 4.95. The lowest BCUT2D eigenvalue weighted by Crippen LogP contribution is -2.51. The van der Waals surface area contributed by atoms with Gasteiger partial charge in [0.05, 0.1) is 6.54 Å². The number of amides is 3. The van der Waals surface area contributed by atoms with Crippen LogP contribution in [0.25, 0.3) is 0 Å². The average molecular weight is 419 g/mol. The maximum atomic E-state index is 12.2. The molecule has 1 aliphatic rings. The van der Waals surface area contributed by atoms with Gasteiger partial charge >= 0.3 is 0 Å². The van der Waals surface area contributed by atoms with Gasteiger partial charge in [0.15, 0.2) is 5.11 Å². The normalized spacial score (nSPS) is 14.6. The molecular weight excluding hydrogens is 388 g/mol. The van der Waals surface area contributed by atoms with Gasteiger partial charge in [0.1, 0.15) is 0 Å². The highest BCUT2D eigenvalue weighted by molar-refractivity contribution is 7.80. The van der Waals surface area contributed by atoms with Crippen molar-refractivity contribution in [2.75, 3.05) is 6.54 Å². The Morgan fingerprint density at radius 3 is 2.21 bits per heavy atom. The lowest BCUT2D eigenvalue weighted by atomic mass is 9.87. The summed E-state index contributed by atoms with van der Waals surface area (Å²) in [5, 5.41) is 5.12. The van der Waals surface area contributed by atoms with Crippen molar-refractivity contribution in [2.24, 2.45) is 5.92 Å². The van der Waals surface area contributed by atoms with E-state index in [4.69, 9.17) is 12.2 Å². The molecule has 1 aromatic rings. The quantitative estimate of drug-likeness (QED) is 0.444. The van der Waals surface area contributed by atoms with Crippen LogP contribution in [0.3, 0.4) is 0 Å². The van der Waals surface area contributed by atoms with Crippen molar-refractivity contribution >= 4 is 35.1 Å². The van der Waals surface area contributed by atoms with Crippen LogP contribution in [0.2, 0.25) is 0 Å².